The van der Waals surface area contributed by atoms with Crippen LogP contribution in [0, 0.1) is 0 Å². The SMILES string of the molecule is CN(Cc1ccccc1N1CCOCC1)C(=O)CN1C(=O)CCOc2ccccc21. The molecule has 0 aliphatic carbocycles. The van der Waals surface area contributed by atoms with Gasteiger partial charge in [0.2, 0.25) is 11.8 Å². The van der Waals surface area contributed by atoms with Gasteiger partial charge in [0.05, 0.1) is 31.9 Å². The molecule has 0 aromatic heterocycles. The number of fused-ring (bicyclic) bond motifs is 1. The Morgan fingerprint density at radius 2 is 1.70 bits per heavy atom. The van der Waals surface area contributed by atoms with Crippen LogP contribution in [0.5, 0.6) is 5.75 Å². The third kappa shape index (κ3) is 4.41. The number of nitrogens with zero attached hydrogens (tertiary/aromatic N) is 3. The van der Waals surface area contributed by atoms with Crippen molar-refractivity contribution in [3.8, 4) is 5.75 Å². The molecule has 2 amide bonds. The first kappa shape index (κ1) is 20.2. The number of amides is 2. The molecular formula is C23H27N3O4. The lowest BCUT2D eigenvalue weighted by atomic mass is 10.1. The van der Waals surface area contributed by atoms with Crippen LogP contribution in [-0.2, 0) is 20.9 Å². The molecule has 2 aliphatic rings. The Bertz CT molecular complexity index is 911. The molecule has 0 radical (unpaired) electrons. The average Bonchev–Trinajstić information content (AvgIpc) is 2.93. The van der Waals surface area contributed by atoms with Crippen LogP contribution in [-0.4, -0.2) is 63.2 Å². The minimum absolute atomic E-state index is 0.00454. The maximum atomic E-state index is 13.0. The van der Waals surface area contributed by atoms with Crippen molar-refractivity contribution in [1.29, 1.82) is 0 Å². The van der Waals surface area contributed by atoms with Crippen molar-refractivity contribution in [2.75, 3.05) is 56.3 Å². The van der Waals surface area contributed by atoms with Crippen LogP contribution in [0.2, 0.25) is 0 Å². The minimum Gasteiger partial charge on any atom is -0.491 e. The molecule has 2 aliphatic heterocycles. The topological polar surface area (TPSA) is 62.3 Å². The number of rotatable bonds is 5. The quantitative estimate of drug-likeness (QED) is 0.758. The highest BCUT2D eigenvalue weighted by molar-refractivity contribution is 6.00. The van der Waals surface area contributed by atoms with E-state index in [2.05, 4.69) is 17.0 Å². The number of anilines is 2. The third-order valence-corrected chi connectivity index (χ3v) is 5.50. The molecule has 0 spiro atoms. The average molecular weight is 409 g/mol. The van der Waals surface area contributed by atoms with Crippen molar-refractivity contribution in [2.24, 2.45) is 0 Å². The summed E-state index contributed by atoms with van der Waals surface area (Å²) in [5, 5.41) is 0. The molecule has 0 unspecified atom stereocenters. The Balaban J connectivity index is 1.48. The summed E-state index contributed by atoms with van der Waals surface area (Å²) in [7, 11) is 1.78. The normalized spacial score (nSPS) is 16.5. The summed E-state index contributed by atoms with van der Waals surface area (Å²) in [4.78, 5) is 31.2. The zero-order valence-electron chi connectivity index (χ0n) is 17.3. The van der Waals surface area contributed by atoms with Gasteiger partial charge in [-0.1, -0.05) is 30.3 Å². The Morgan fingerprint density at radius 3 is 2.50 bits per heavy atom. The number of morpholine rings is 1. The zero-order chi connectivity index (χ0) is 20.9. The molecular weight excluding hydrogens is 382 g/mol. The van der Waals surface area contributed by atoms with E-state index >= 15 is 0 Å². The molecule has 4 rings (SSSR count). The molecule has 7 heteroatoms. The van der Waals surface area contributed by atoms with Gasteiger partial charge in [-0.2, -0.15) is 0 Å². The van der Waals surface area contributed by atoms with Crippen molar-refractivity contribution in [2.45, 2.75) is 13.0 Å². The van der Waals surface area contributed by atoms with Gasteiger partial charge in [0, 0.05) is 32.4 Å². The van der Waals surface area contributed by atoms with E-state index < -0.39 is 0 Å². The predicted molar refractivity (Wildman–Crippen MR) is 115 cm³/mol. The van der Waals surface area contributed by atoms with Crippen LogP contribution in [0.25, 0.3) is 0 Å². The largest absolute Gasteiger partial charge is 0.491 e. The second-order valence-electron chi connectivity index (χ2n) is 7.52. The highest BCUT2D eigenvalue weighted by atomic mass is 16.5. The van der Waals surface area contributed by atoms with Crippen LogP contribution < -0.4 is 14.5 Å². The van der Waals surface area contributed by atoms with Gasteiger partial charge in [-0.3, -0.25) is 14.5 Å². The smallest absolute Gasteiger partial charge is 0.242 e. The van der Waals surface area contributed by atoms with E-state index in [0.29, 0.717) is 37.8 Å². The van der Waals surface area contributed by atoms with Gasteiger partial charge < -0.3 is 19.3 Å². The Kier molecular flexibility index (Phi) is 6.18. The standard InChI is InChI=1S/C23H27N3O4/c1-24(16-18-6-2-3-7-19(18)25-11-14-29-15-12-25)23(28)17-26-20-8-4-5-9-21(20)30-13-10-22(26)27/h2-9H,10-17H2,1H3. The van der Waals surface area contributed by atoms with Gasteiger partial charge in [-0.15, -0.1) is 0 Å². The van der Waals surface area contributed by atoms with E-state index in [1.807, 2.05) is 36.4 Å². The minimum atomic E-state index is -0.114. The van der Waals surface area contributed by atoms with Gasteiger partial charge >= 0.3 is 0 Å². The summed E-state index contributed by atoms with van der Waals surface area (Å²) in [6.45, 7) is 3.90. The summed E-state index contributed by atoms with van der Waals surface area (Å²) in [6.07, 6.45) is 0.255. The molecule has 0 atom stereocenters. The highest BCUT2D eigenvalue weighted by Crippen LogP contribution is 2.31. The number of carbonyl (C=O) groups is 2. The Hall–Kier alpha value is -3.06. The molecule has 0 bridgehead atoms. The van der Waals surface area contributed by atoms with Crippen molar-refractivity contribution < 1.29 is 19.1 Å². The summed E-state index contributed by atoms with van der Waals surface area (Å²) in [5.74, 6) is 0.420. The van der Waals surface area contributed by atoms with E-state index in [1.165, 1.54) is 4.90 Å². The Morgan fingerprint density at radius 1 is 1.00 bits per heavy atom. The van der Waals surface area contributed by atoms with Gasteiger partial charge in [0.25, 0.3) is 0 Å². The lowest BCUT2D eigenvalue weighted by Gasteiger charge is -2.31. The first-order valence-electron chi connectivity index (χ1n) is 10.3. The number of likely N-dealkylation sites (N-methyl/N-ethyl adjacent to an activating group) is 1. The monoisotopic (exact) mass is 409 g/mol. The fraction of sp³-hybridized carbons (Fsp3) is 0.391. The van der Waals surface area contributed by atoms with Gasteiger partial charge in [0.15, 0.2) is 0 Å². The molecule has 1 fully saturated rings. The number of para-hydroxylation sites is 3. The van der Waals surface area contributed by atoms with Gasteiger partial charge in [0.1, 0.15) is 12.3 Å². The van der Waals surface area contributed by atoms with E-state index in [1.54, 1.807) is 11.9 Å². The maximum absolute atomic E-state index is 13.0. The van der Waals surface area contributed by atoms with Crippen LogP contribution in [0.1, 0.15) is 12.0 Å². The second-order valence-corrected chi connectivity index (χ2v) is 7.52. The molecule has 2 aromatic carbocycles. The van der Waals surface area contributed by atoms with Crippen molar-refractivity contribution in [3.05, 3.63) is 54.1 Å². The predicted octanol–water partition coefficient (Wildman–Crippen LogP) is 2.30. The zero-order valence-corrected chi connectivity index (χ0v) is 17.3. The third-order valence-electron chi connectivity index (χ3n) is 5.50. The van der Waals surface area contributed by atoms with E-state index in [-0.39, 0.29) is 24.8 Å². The first-order chi connectivity index (χ1) is 14.6. The first-order valence-corrected chi connectivity index (χ1v) is 10.3. The van der Waals surface area contributed by atoms with Crippen LogP contribution in [0.3, 0.4) is 0 Å². The summed E-state index contributed by atoms with van der Waals surface area (Å²) in [5.41, 5.74) is 2.86. The fourth-order valence-corrected chi connectivity index (χ4v) is 3.85. The molecule has 1 saturated heterocycles. The summed E-state index contributed by atoms with van der Waals surface area (Å²) >= 11 is 0. The lowest BCUT2D eigenvalue weighted by Crippen LogP contribution is -2.41. The van der Waals surface area contributed by atoms with E-state index in [4.69, 9.17) is 9.47 Å². The highest BCUT2D eigenvalue weighted by Gasteiger charge is 2.26. The van der Waals surface area contributed by atoms with E-state index in [9.17, 15) is 9.59 Å². The molecule has 0 saturated carbocycles. The number of hydrogen-bond acceptors (Lipinski definition) is 5. The van der Waals surface area contributed by atoms with Crippen molar-refractivity contribution in [3.63, 3.8) is 0 Å². The van der Waals surface area contributed by atoms with Crippen LogP contribution in [0.4, 0.5) is 11.4 Å². The molecule has 7 nitrogen and oxygen atoms in total. The van der Waals surface area contributed by atoms with Crippen LogP contribution in [0.15, 0.2) is 48.5 Å². The molecule has 2 aromatic rings. The van der Waals surface area contributed by atoms with Crippen LogP contribution >= 0.6 is 0 Å². The molecule has 2 heterocycles. The van der Waals surface area contributed by atoms with E-state index in [0.717, 1.165) is 24.3 Å². The van der Waals surface area contributed by atoms with Crippen molar-refractivity contribution in [1.82, 2.24) is 4.90 Å². The summed E-state index contributed by atoms with van der Waals surface area (Å²) < 4.78 is 11.1. The maximum Gasteiger partial charge on any atom is 0.242 e. The van der Waals surface area contributed by atoms with Gasteiger partial charge in [-0.05, 0) is 23.8 Å². The Labute approximate surface area is 176 Å². The summed E-state index contributed by atoms with van der Waals surface area (Å²) in [6, 6.07) is 15.5. The lowest BCUT2D eigenvalue weighted by molar-refractivity contribution is -0.130. The number of carbonyl (C=O) groups excluding carboxylic acids is 2. The number of benzene rings is 2. The molecule has 30 heavy (non-hydrogen) atoms. The number of hydrogen-bond donors (Lipinski definition) is 0. The molecule has 158 valence electrons. The number of ether oxygens (including phenoxy) is 2. The molecule has 0 N–H and O–H groups in total. The second kappa shape index (κ2) is 9.17. The fourth-order valence-electron chi connectivity index (χ4n) is 3.85. The van der Waals surface area contributed by atoms with Gasteiger partial charge in [-0.25, -0.2) is 0 Å². The van der Waals surface area contributed by atoms with Crippen molar-refractivity contribution >= 4 is 23.2 Å².